The number of pyridine rings is 1. The minimum Gasteiger partial charge on any atom is -0.355 e. The second kappa shape index (κ2) is 17.6. The number of carbonyl (C=O) groups is 2. The molecule has 4 aromatic carbocycles. The molecule has 0 radical (unpaired) electrons. The molecular formula is C52H52N10O2. The van der Waals surface area contributed by atoms with Gasteiger partial charge in [0.1, 0.15) is 11.6 Å². The predicted molar refractivity (Wildman–Crippen MR) is 249 cm³/mol. The Morgan fingerprint density at radius 1 is 0.547 bits per heavy atom. The summed E-state index contributed by atoms with van der Waals surface area (Å²) in [5.41, 5.74) is 5.75. The fourth-order valence-electron chi connectivity index (χ4n) is 10.5. The van der Waals surface area contributed by atoms with Crippen LogP contribution >= 0.6 is 0 Å². The van der Waals surface area contributed by atoms with E-state index in [1.165, 1.54) is 5.39 Å². The second-order valence-corrected chi connectivity index (χ2v) is 17.9. The van der Waals surface area contributed by atoms with Crippen molar-refractivity contribution in [2.45, 2.75) is 64.5 Å². The Morgan fingerprint density at radius 2 is 1.08 bits per heavy atom. The molecule has 12 nitrogen and oxygen atoms in total. The van der Waals surface area contributed by atoms with Crippen LogP contribution in [0.3, 0.4) is 0 Å². The number of rotatable bonds is 6. The van der Waals surface area contributed by atoms with Gasteiger partial charge in [-0.3, -0.25) is 24.5 Å². The lowest BCUT2D eigenvalue weighted by atomic mass is 9.71. The summed E-state index contributed by atoms with van der Waals surface area (Å²) in [5, 5.41) is 11.5. The molecule has 12 heteroatoms. The van der Waals surface area contributed by atoms with Gasteiger partial charge in [-0.25, -0.2) is 9.97 Å². The summed E-state index contributed by atoms with van der Waals surface area (Å²) in [6.07, 6.45) is 13.0. The van der Waals surface area contributed by atoms with E-state index in [0.29, 0.717) is 24.6 Å². The summed E-state index contributed by atoms with van der Waals surface area (Å²) < 4.78 is 0. The first-order chi connectivity index (χ1) is 31.4. The maximum absolute atomic E-state index is 13.7. The highest BCUT2D eigenvalue weighted by atomic mass is 16.2. The topological polar surface area (TPSA) is 135 Å². The third-order valence-electron chi connectivity index (χ3n) is 14.1. The Kier molecular flexibility index (Phi) is 11.3. The van der Waals surface area contributed by atoms with E-state index >= 15 is 0 Å². The maximum atomic E-state index is 13.7. The highest BCUT2D eigenvalue weighted by Crippen LogP contribution is 2.43. The number of anilines is 2. The van der Waals surface area contributed by atoms with E-state index in [1.54, 1.807) is 6.07 Å². The highest BCUT2D eigenvalue weighted by Gasteiger charge is 2.47. The Hall–Kier alpha value is -7.00. The van der Waals surface area contributed by atoms with Crippen molar-refractivity contribution in [3.63, 3.8) is 0 Å². The third-order valence-corrected chi connectivity index (χ3v) is 14.1. The van der Waals surface area contributed by atoms with Gasteiger partial charge in [0.05, 0.1) is 69.2 Å². The second-order valence-electron chi connectivity index (χ2n) is 17.9. The average Bonchev–Trinajstić information content (AvgIpc) is 3.35. The van der Waals surface area contributed by atoms with Crippen molar-refractivity contribution in [1.29, 1.82) is 5.26 Å². The number of benzene rings is 4. The number of piperidine rings is 4. The van der Waals surface area contributed by atoms with Crippen molar-refractivity contribution in [1.82, 2.24) is 34.7 Å². The molecule has 2 spiro atoms. The number of amides is 2. The fraction of sp³-hybridized carbons (Fsp3) is 0.346. The number of aromatic nitrogens is 5. The number of hydrogen-bond donors (Lipinski definition) is 0. The predicted octanol–water partition coefficient (Wildman–Crippen LogP) is 8.50. The third kappa shape index (κ3) is 8.18. The summed E-state index contributed by atoms with van der Waals surface area (Å²) in [6, 6.07) is 35.9. The number of para-hydroxylation sites is 4. The largest absolute Gasteiger partial charge is 0.355 e. The van der Waals surface area contributed by atoms with Crippen LogP contribution in [0, 0.1) is 22.2 Å². The van der Waals surface area contributed by atoms with Gasteiger partial charge in [0, 0.05) is 57.4 Å². The Bertz CT molecular complexity index is 2870. The minimum absolute atomic E-state index is 0.260. The van der Waals surface area contributed by atoms with Crippen LogP contribution in [0.25, 0.3) is 32.8 Å². The summed E-state index contributed by atoms with van der Waals surface area (Å²) in [5.74, 6) is 2.36. The van der Waals surface area contributed by atoms with E-state index in [2.05, 4.69) is 43.0 Å². The lowest BCUT2D eigenvalue weighted by molar-refractivity contribution is -0.149. The number of nitrogens with zero attached hydrogens (tertiary/aromatic N) is 10. The van der Waals surface area contributed by atoms with Crippen LogP contribution in [-0.2, 0) is 22.7 Å². The first-order valence-corrected chi connectivity index (χ1v) is 22.7. The fourth-order valence-corrected chi connectivity index (χ4v) is 10.5. The molecule has 0 N–H and O–H groups in total. The average molecular weight is 849 g/mol. The number of hydrogen-bond acceptors (Lipinski definition) is 10. The highest BCUT2D eigenvalue weighted by molar-refractivity contribution is 5.87. The molecule has 4 saturated heterocycles. The van der Waals surface area contributed by atoms with Gasteiger partial charge in [0.2, 0.25) is 11.8 Å². The summed E-state index contributed by atoms with van der Waals surface area (Å²) in [6.45, 7) is 6.06. The van der Waals surface area contributed by atoms with E-state index in [9.17, 15) is 9.59 Å². The molecular weight excluding hydrogens is 797 g/mol. The Labute approximate surface area is 373 Å². The van der Waals surface area contributed by atoms with Gasteiger partial charge >= 0.3 is 0 Å². The van der Waals surface area contributed by atoms with E-state index < -0.39 is 0 Å². The smallest absolute Gasteiger partial charge is 0.229 e. The summed E-state index contributed by atoms with van der Waals surface area (Å²) >= 11 is 0. The normalized spacial score (nSPS) is 18.4. The molecule has 7 aromatic rings. The zero-order valence-electron chi connectivity index (χ0n) is 36.1. The van der Waals surface area contributed by atoms with Gasteiger partial charge in [0.25, 0.3) is 0 Å². The number of carbonyl (C=O) groups excluding carboxylic acids is 2. The first kappa shape index (κ1) is 41.0. The van der Waals surface area contributed by atoms with Crippen molar-refractivity contribution in [3.05, 3.63) is 139 Å². The first-order valence-electron chi connectivity index (χ1n) is 22.7. The molecule has 0 bridgehead atoms. The summed E-state index contributed by atoms with van der Waals surface area (Å²) in [7, 11) is 0. The number of likely N-dealkylation sites (tertiary alicyclic amines) is 2. The zero-order valence-corrected chi connectivity index (χ0v) is 36.1. The van der Waals surface area contributed by atoms with Crippen LogP contribution in [0.1, 0.15) is 68.2 Å². The van der Waals surface area contributed by atoms with Crippen LogP contribution in [-0.4, -0.2) is 85.8 Å². The van der Waals surface area contributed by atoms with Crippen LogP contribution in [0.5, 0.6) is 0 Å². The van der Waals surface area contributed by atoms with Crippen molar-refractivity contribution in [3.8, 4) is 6.07 Å². The van der Waals surface area contributed by atoms with E-state index in [4.69, 9.17) is 15.2 Å². The van der Waals surface area contributed by atoms with E-state index in [-0.39, 0.29) is 16.7 Å². The van der Waals surface area contributed by atoms with Gasteiger partial charge < -0.3 is 19.6 Å². The van der Waals surface area contributed by atoms with Crippen LogP contribution in [0.4, 0.5) is 11.6 Å². The van der Waals surface area contributed by atoms with Crippen molar-refractivity contribution >= 4 is 56.3 Å². The zero-order chi connectivity index (χ0) is 43.5. The van der Waals surface area contributed by atoms with E-state index in [0.717, 1.165) is 141 Å². The van der Waals surface area contributed by atoms with Crippen molar-refractivity contribution < 1.29 is 9.59 Å². The molecule has 2 amide bonds. The number of nitriles is 1. The molecule has 3 aromatic heterocycles. The lowest BCUT2D eigenvalue weighted by Gasteiger charge is -2.46. The molecule has 0 aliphatic carbocycles. The van der Waals surface area contributed by atoms with Crippen molar-refractivity contribution in [2.24, 2.45) is 10.8 Å². The van der Waals surface area contributed by atoms with Gasteiger partial charge in [-0.05, 0) is 105 Å². The van der Waals surface area contributed by atoms with Gasteiger partial charge in [-0.15, -0.1) is 0 Å². The molecule has 0 atom stereocenters. The van der Waals surface area contributed by atoms with Gasteiger partial charge in [0.15, 0.2) is 0 Å². The molecule has 4 aliphatic heterocycles. The monoisotopic (exact) mass is 848 g/mol. The molecule has 0 unspecified atom stereocenters. The Balaban J connectivity index is 0.000000152. The quantitative estimate of drug-likeness (QED) is 0.160. The van der Waals surface area contributed by atoms with Crippen LogP contribution in [0.2, 0.25) is 0 Å². The SMILES string of the molecule is N#Cc1cccc(CN2CCCC3(CCN(c4cnc5ccccc5n4)CC3)C2=O)c1.O=C1N(Cc2nccc3ccccc23)CCCC12CCN(c1cnc3ccccc3n1)CC2. The molecule has 4 fully saturated rings. The standard InChI is InChI=1S/C27H27N5O.C25H25N5O/c33-26-27(11-5-15-32(26)19-24-21-7-2-1-6-20(21)10-14-28-24)12-16-31(17-13-27)25-18-29-22-8-3-4-9-23(22)30-25;26-16-19-5-3-6-20(15-19)18-30-12-4-9-25(24(30)31)10-13-29(14-11-25)23-17-27-21-7-1-2-8-22(21)28-23/h1-4,6-10,14,18H,5,11-13,15-17,19H2;1-3,5-8,15,17H,4,9-14,18H2. The van der Waals surface area contributed by atoms with Gasteiger partial charge in [-0.2, -0.15) is 5.26 Å². The van der Waals surface area contributed by atoms with Crippen LogP contribution in [0.15, 0.2) is 122 Å². The summed E-state index contributed by atoms with van der Waals surface area (Å²) in [4.78, 5) is 59.1. The molecule has 322 valence electrons. The molecule has 0 saturated carbocycles. The van der Waals surface area contributed by atoms with Crippen molar-refractivity contribution in [2.75, 3.05) is 49.1 Å². The lowest BCUT2D eigenvalue weighted by Crippen LogP contribution is -2.53. The minimum atomic E-state index is -0.272. The maximum Gasteiger partial charge on any atom is 0.229 e. The number of fused-ring (bicyclic) bond motifs is 3. The molecule has 4 aliphatic rings. The van der Waals surface area contributed by atoms with Gasteiger partial charge in [-0.1, -0.05) is 60.7 Å². The molecule has 11 rings (SSSR count). The van der Waals surface area contributed by atoms with E-state index in [1.807, 2.05) is 113 Å². The van der Waals surface area contributed by atoms with Crippen LogP contribution < -0.4 is 9.80 Å². The molecule has 7 heterocycles. The molecule has 64 heavy (non-hydrogen) atoms. The Morgan fingerprint density at radius 3 is 1.66 bits per heavy atom.